The predicted octanol–water partition coefficient (Wildman–Crippen LogP) is 2.09. The summed E-state index contributed by atoms with van der Waals surface area (Å²) in [5.74, 6) is 5.72. The molecule has 0 aliphatic carbocycles. The molecule has 1 unspecified atom stereocenters. The molecule has 0 aliphatic rings. The highest BCUT2D eigenvalue weighted by Gasteiger charge is 2.16. The van der Waals surface area contributed by atoms with Gasteiger partial charge in [0.1, 0.15) is 0 Å². The zero-order chi connectivity index (χ0) is 14.0. The van der Waals surface area contributed by atoms with Crippen molar-refractivity contribution in [1.29, 1.82) is 0 Å². The summed E-state index contributed by atoms with van der Waals surface area (Å²) in [5.41, 5.74) is 8.95. The van der Waals surface area contributed by atoms with Crippen molar-refractivity contribution in [2.75, 3.05) is 0 Å². The smallest absolute Gasteiger partial charge is 0.0642 e. The Hall–Kier alpha value is -1.65. The number of hydrogen-bond donors (Lipinski definition) is 2. The van der Waals surface area contributed by atoms with Crippen molar-refractivity contribution in [1.82, 2.24) is 15.2 Å². The number of hydrogen-bond acceptors (Lipinski definition) is 3. The van der Waals surface area contributed by atoms with E-state index in [0.717, 1.165) is 17.7 Å². The van der Waals surface area contributed by atoms with E-state index in [0.29, 0.717) is 0 Å². The van der Waals surface area contributed by atoms with Gasteiger partial charge >= 0.3 is 0 Å². The first kappa shape index (κ1) is 13.8. The van der Waals surface area contributed by atoms with E-state index in [1.807, 2.05) is 24.9 Å². The number of nitrogens with one attached hydrogen (secondary N) is 1. The topological polar surface area (TPSA) is 55.9 Å². The van der Waals surface area contributed by atoms with Crippen LogP contribution in [0.25, 0.3) is 0 Å². The van der Waals surface area contributed by atoms with Gasteiger partial charge in [-0.05, 0) is 32.8 Å². The Morgan fingerprint density at radius 3 is 2.32 bits per heavy atom. The minimum atomic E-state index is 0.0925. The lowest BCUT2D eigenvalue weighted by atomic mass is 9.97. The number of hydrazine groups is 1. The van der Waals surface area contributed by atoms with Gasteiger partial charge in [-0.3, -0.25) is 16.0 Å². The van der Waals surface area contributed by atoms with Gasteiger partial charge in [0.05, 0.1) is 11.7 Å². The Morgan fingerprint density at radius 2 is 1.84 bits per heavy atom. The third-order valence-corrected chi connectivity index (χ3v) is 3.35. The lowest BCUT2D eigenvalue weighted by Crippen LogP contribution is -2.29. The summed E-state index contributed by atoms with van der Waals surface area (Å²) in [6.45, 7) is 6.26. The lowest BCUT2D eigenvalue weighted by Gasteiger charge is -2.16. The number of aryl methyl sites for hydroxylation is 4. The van der Waals surface area contributed by atoms with Gasteiger partial charge in [0.15, 0.2) is 0 Å². The SMILES string of the molecule is Cc1cc(C)cc(CC(NN)c2cn(C)nc2C)c1. The van der Waals surface area contributed by atoms with E-state index in [2.05, 4.69) is 42.6 Å². The molecule has 1 aromatic carbocycles. The molecule has 2 aromatic rings. The average Bonchev–Trinajstić information content (AvgIpc) is 2.64. The van der Waals surface area contributed by atoms with Crippen LogP contribution in [-0.4, -0.2) is 9.78 Å². The van der Waals surface area contributed by atoms with E-state index >= 15 is 0 Å². The minimum absolute atomic E-state index is 0.0925. The summed E-state index contributed by atoms with van der Waals surface area (Å²) < 4.78 is 1.83. The highest BCUT2D eigenvalue weighted by Crippen LogP contribution is 2.21. The van der Waals surface area contributed by atoms with E-state index in [9.17, 15) is 0 Å². The molecule has 0 fully saturated rings. The molecule has 0 aliphatic heterocycles. The van der Waals surface area contributed by atoms with Crippen molar-refractivity contribution in [2.24, 2.45) is 12.9 Å². The van der Waals surface area contributed by atoms with Gasteiger partial charge in [-0.1, -0.05) is 29.3 Å². The van der Waals surface area contributed by atoms with Crippen LogP contribution >= 0.6 is 0 Å². The molecule has 102 valence electrons. The second-order valence-electron chi connectivity index (χ2n) is 5.26. The first-order chi connectivity index (χ1) is 8.99. The van der Waals surface area contributed by atoms with E-state index in [1.165, 1.54) is 16.7 Å². The fourth-order valence-electron chi connectivity index (χ4n) is 2.64. The molecule has 0 saturated heterocycles. The first-order valence-electron chi connectivity index (χ1n) is 6.53. The minimum Gasteiger partial charge on any atom is -0.275 e. The number of nitrogens with two attached hydrogens (primary N) is 1. The molecule has 4 nitrogen and oxygen atoms in total. The van der Waals surface area contributed by atoms with Crippen LogP contribution in [0.2, 0.25) is 0 Å². The van der Waals surface area contributed by atoms with Gasteiger partial charge in [-0.15, -0.1) is 0 Å². The molecular formula is C15H22N4. The second-order valence-corrected chi connectivity index (χ2v) is 5.26. The van der Waals surface area contributed by atoms with Gasteiger partial charge in [0.2, 0.25) is 0 Å². The Bertz CT molecular complexity index is 551. The summed E-state index contributed by atoms with van der Waals surface area (Å²) in [5, 5.41) is 4.38. The fraction of sp³-hybridized carbons (Fsp3) is 0.400. The highest BCUT2D eigenvalue weighted by atomic mass is 15.3. The Labute approximate surface area is 114 Å². The second kappa shape index (κ2) is 5.55. The molecule has 0 amide bonds. The molecule has 1 heterocycles. The summed E-state index contributed by atoms with van der Waals surface area (Å²) >= 11 is 0. The molecular weight excluding hydrogens is 236 g/mol. The largest absolute Gasteiger partial charge is 0.275 e. The third kappa shape index (κ3) is 3.22. The van der Waals surface area contributed by atoms with Crippen molar-refractivity contribution >= 4 is 0 Å². The zero-order valence-corrected chi connectivity index (χ0v) is 12.1. The fourth-order valence-corrected chi connectivity index (χ4v) is 2.64. The van der Waals surface area contributed by atoms with Gasteiger partial charge < -0.3 is 0 Å². The first-order valence-corrected chi connectivity index (χ1v) is 6.53. The average molecular weight is 258 g/mol. The molecule has 4 heteroatoms. The van der Waals surface area contributed by atoms with Crippen LogP contribution in [0.5, 0.6) is 0 Å². The van der Waals surface area contributed by atoms with Crippen molar-refractivity contribution < 1.29 is 0 Å². The van der Waals surface area contributed by atoms with Crippen molar-refractivity contribution in [2.45, 2.75) is 33.2 Å². The van der Waals surface area contributed by atoms with Crippen LogP contribution in [0.4, 0.5) is 0 Å². The Morgan fingerprint density at radius 1 is 1.21 bits per heavy atom. The Kier molecular flexibility index (Phi) is 4.02. The van der Waals surface area contributed by atoms with Crippen LogP contribution in [-0.2, 0) is 13.5 Å². The molecule has 19 heavy (non-hydrogen) atoms. The zero-order valence-electron chi connectivity index (χ0n) is 12.1. The molecule has 0 spiro atoms. The van der Waals surface area contributed by atoms with Gasteiger partial charge in [0, 0.05) is 18.8 Å². The standard InChI is InChI=1S/C15H22N4/c1-10-5-11(2)7-13(6-10)8-15(17-16)14-9-19(4)18-12(14)3/h5-7,9,15,17H,8,16H2,1-4H3. The molecule has 2 rings (SSSR count). The summed E-state index contributed by atoms with van der Waals surface area (Å²) in [4.78, 5) is 0. The number of nitrogens with zero attached hydrogens (tertiary/aromatic N) is 2. The van der Waals surface area contributed by atoms with E-state index in [-0.39, 0.29) is 6.04 Å². The number of aromatic nitrogens is 2. The maximum Gasteiger partial charge on any atom is 0.0642 e. The maximum atomic E-state index is 5.72. The van der Waals surface area contributed by atoms with Crippen LogP contribution in [0.15, 0.2) is 24.4 Å². The van der Waals surface area contributed by atoms with E-state index in [4.69, 9.17) is 5.84 Å². The Balaban J connectivity index is 2.26. The summed E-state index contributed by atoms with van der Waals surface area (Å²) in [7, 11) is 1.93. The van der Waals surface area contributed by atoms with E-state index < -0.39 is 0 Å². The summed E-state index contributed by atoms with van der Waals surface area (Å²) in [6, 6.07) is 6.70. The van der Waals surface area contributed by atoms with Gasteiger partial charge in [0.25, 0.3) is 0 Å². The number of benzene rings is 1. The van der Waals surface area contributed by atoms with Crippen molar-refractivity contribution in [3.8, 4) is 0 Å². The van der Waals surface area contributed by atoms with Gasteiger partial charge in [-0.2, -0.15) is 5.10 Å². The quantitative estimate of drug-likeness (QED) is 0.652. The van der Waals surface area contributed by atoms with Crippen LogP contribution in [0, 0.1) is 20.8 Å². The maximum absolute atomic E-state index is 5.72. The van der Waals surface area contributed by atoms with Crippen LogP contribution < -0.4 is 11.3 Å². The van der Waals surface area contributed by atoms with Gasteiger partial charge in [-0.25, -0.2) is 0 Å². The molecule has 0 radical (unpaired) electrons. The third-order valence-electron chi connectivity index (χ3n) is 3.35. The van der Waals surface area contributed by atoms with Crippen molar-refractivity contribution in [3.05, 3.63) is 52.3 Å². The van der Waals surface area contributed by atoms with Crippen LogP contribution in [0.1, 0.15) is 34.0 Å². The normalized spacial score (nSPS) is 12.7. The lowest BCUT2D eigenvalue weighted by molar-refractivity contribution is 0.549. The molecule has 1 atom stereocenters. The highest BCUT2D eigenvalue weighted by molar-refractivity contribution is 5.31. The van der Waals surface area contributed by atoms with Crippen molar-refractivity contribution in [3.63, 3.8) is 0 Å². The van der Waals surface area contributed by atoms with E-state index in [1.54, 1.807) is 0 Å². The molecule has 0 saturated carbocycles. The molecule has 1 aromatic heterocycles. The summed E-state index contributed by atoms with van der Waals surface area (Å²) in [6.07, 6.45) is 2.90. The molecule has 3 N–H and O–H groups in total. The van der Waals surface area contributed by atoms with Crippen LogP contribution in [0.3, 0.4) is 0 Å². The number of rotatable bonds is 4. The molecule has 0 bridgehead atoms. The predicted molar refractivity (Wildman–Crippen MR) is 77.6 cm³/mol. The monoisotopic (exact) mass is 258 g/mol.